The Labute approximate surface area is 125 Å². The van der Waals surface area contributed by atoms with Gasteiger partial charge in [-0.25, -0.2) is 0 Å². The molecule has 120 valence electrons. The first-order valence-corrected chi connectivity index (χ1v) is 7.43. The van der Waals surface area contributed by atoms with Crippen molar-refractivity contribution in [2.24, 2.45) is 23.3 Å². The number of carbonyl (C=O) groups is 3. The highest BCUT2D eigenvalue weighted by molar-refractivity contribution is 5.87. The zero-order chi connectivity index (χ0) is 16.0. The third-order valence-electron chi connectivity index (χ3n) is 3.89. The van der Waals surface area contributed by atoms with Crippen LogP contribution in [0.4, 0.5) is 0 Å². The van der Waals surface area contributed by atoms with Gasteiger partial charge in [0.25, 0.3) is 0 Å². The zero-order valence-corrected chi connectivity index (χ0v) is 12.7. The Kier molecular flexibility index (Phi) is 6.61. The summed E-state index contributed by atoms with van der Waals surface area (Å²) in [6.45, 7) is 3.59. The number of primary amides is 1. The molecule has 1 aliphatic carbocycles. The molecule has 1 saturated carbocycles. The van der Waals surface area contributed by atoms with Crippen LogP contribution in [0.5, 0.6) is 0 Å². The Morgan fingerprint density at radius 2 is 1.90 bits per heavy atom. The predicted molar refractivity (Wildman–Crippen MR) is 78.9 cm³/mol. The molecule has 1 rings (SSSR count). The molecule has 3 atom stereocenters. The van der Waals surface area contributed by atoms with Crippen molar-refractivity contribution in [3.63, 3.8) is 0 Å². The van der Waals surface area contributed by atoms with Crippen molar-refractivity contribution in [2.45, 2.75) is 51.6 Å². The number of rotatable bonds is 6. The molecule has 0 saturated heterocycles. The quantitative estimate of drug-likeness (QED) is 0.514. The molecule has 0 spiro atoms. The van der Waals surface area contributed by atoms with Crippen LogP contribution in [0.1, 0.15) is 39.5 Å². The second-order valence-electron chi connectivity index (χ2n) is 6.02. The summed E-state index contributed by atoms with van der Waals surface area (Å²) in [5, 5.41) is 5.34. The molecule has 21 heavy (non-hydrogen) atoms. The molecular weight excluding hydrogens is 272 g/mol. The standard InChI is InChI=1S/C14H26N4O3/c1-8(2)12(15)14(21)17-7-11(19)18-10-5-3-4-9(6-10)13(16)20/h8-10,12H,3-7,15H2,1-2H3,(H2,16,20)(H,17,21)(H,18,19)/t9?,10?,12-/m0/s1. The molecule has 0 bridgehead atoms. The lowest BCUT2D eigenvalue weighted by Gasteiger charge is -2.28. The lowest BCUT2D eigenvalue weighted by molar-refractivity contribution is -0.128. The molecule has 0 aromatic carbocycles. The van der Waals surface area contributed by atoms with E-state index in [9.17, 15) is 14.4 Å². The van der Waals surface area contributed by atoms with Gasteiger partial charge < -0.3 is 22.1 Å². The summed E-state index contributed by atoms with van der Waals surface area (Å²) in [5.74, 6) is -1.07. The summed E-state index contributed by atoms with van der Waals surface area (Å²) in [5.41, 5.74) is 11.0. The van der Waals surface area contributed by atoms with Gasteiger partial charge in [-0.2, -0.15) is 0 Å². The van der Waals surface area contributed by atoms with E-state index < -0.39 is 6.04 Å². The normalized spacial score (nSPS) is 23.4. The van der Waals surface area contributed by atoms with Crippen molar-refractivity contribution < 1.29 is 14.4 Å². The molecule has 7 nitrogen and oxygen atoms in total. The highest BCUT2D eigenvalue weighted by Crippen LogP contribution is 2.23. The third-order valence-corrected chi connectivity index (χ3v) is 3.89. The SMILES string of the molecule is CC(C)[C@H](N)C(=O)NCC(=O)NC1CCCC(C(N)=O)C1. The van der Waals surface area contributed by atoms with Crippen molar-refractivity contribution in [3.8, 4) is 0 Å². The first kappa shape index (κ1) is 17.4. The molecule has 1 aliphatic rings. The van der Waals surface area contributed by atoms with Crippen molar-refractivity contribution in [3.05, 3.63) is 0 Å². The summed E-state index contributed by atoms with van der Waals surface area (Å²) in [7, 11) is 0. The van der Waals surface area contributed by atoms with Crippen molar-refractivity contribution in [1.29, 1.82) is 0 Å². The zero-order valence-electron chi connectivity index (χ0n) is 12.7. The van der Waals surface area contributed by atoms with E-state index in [-0.39, 0.29) is 42.1 Å². The van der Waals surface area contributed by atoms with E-state index in [4.69, 9.17) is 11.5 Å². The molecule has 6 N–H and O–H groups in total. The molecule has 2 unspecified atom stereocenters. The molecule has 3 amide bonds. The Morgan fingerprint density at radius 1 is 1.24 bits per heavy atom. The van der Waals surface area contributed by atoms with E-state index in [2.05, 4.69) is 10.6 Å². The summed E-state index contributed by atoms with van der Waals surface area (Å²) < 4.78 is 0. The topological polar surface area (TPSA) is 127 Å². The van der Waals surface area contributed by atoms with Gasteiger partial charge in [0, 0.05) is 12.0 Å². The van der Waals surface area contributed by atoms with Crippen LogP contribution in [-0.2, 0) is 14.4 Å². The van der Waals surface area contributed by atoms with Crippen molar-refractivity contribution >= 4 is 17.7 Å². The van der Waals surface area contributed by atoms with Gasteiger partial charge in [-0.15, -0.1) is 0 Å². The Bertz CT molecular complexity index is 398. The molecule has 7 heteroatoms. The first-order valence-electron chi connectivity index (χ1n) is 7.43. The highest BCUT2D eigenvalue weighted by atomic mass is 16.2. The predicted octanol–water partition coefficient (Wildman–Crippen LogP) is -0.754. The van der Waals surface area contributed by atoms with E-state index in [0.717, 1.165) is 19.3 Å². The minimum Gasteiger partial charge on any atom is -0.369 e. The first-order chi connectivity index (χ1) is 9.81. The fourth-order valence-corrected chi connectivity index (χ4v) is 2.45. The molecule has 0 aromatic rings. The maximum atomic E-state index is 11.8. The van der Waals surface area contributed by atoms with Gasteiger partial charge in [-0.05, 0) is 25.2 Å². The second-order valence-corrected chi connectivity index (χ2v) is 6.02. The smallest absolute Gasteiger partial charge is 0.239 e. The van der Waals surface area contributed by atoms with Crippen molar-refractivity contribution in [2.75, 3.05) is 6.54 Å². The fraction of sp³-hybridized carbons (Fsp3) is 0.786. The lowest BCUT2D eigenvalue weighted by atomic mass is 9.85. The van der Waals surface area contributed by atoms with Crippen LogP contribution < -0.4 is 22.1 Å². The van der Waals surface area contributed by atoms with Crippen LogP contribution in [0, 0.1) is 11.8 Å². The summed E-state index contributed by atoms with van der Waals surface area (Å²) in [6.07, 6.45) is 3.04. The molecular formula is C14H26N4O3. The lowest BCUT2D eigenvalue weighted by Crippen LogP contribution is -2.49. The summed E-state index contributed by atoms with van der Waals surface area (Å²) in [4.78, 5) is 34.6. The van der Waals surface area contributed by atoms with E-state index in [1.165, 1.54) is 0 Å². The Morgan fingerprint density at radius 3 is 2.48 bits per heavy atom. The monoisotopic (exact) mass is 298 g/mol. The van der Waals surface area contributed by atoms with Gasteiger partial charge in [0.2, 0.25) is 17.7 Å². The molecule has 0 aromatic heterocycles. The largest absolute Gasteiger partial charge is 0.369 e. The Hall–Kier alpha value is -1.63. The number of hydrogen-bond donors (Lipinski definition) is 4. The van der Waals surface area contributed by atoms with Gasteiger partial charge in [0.15, 0.2) is 0 Å². The minimum absolute atomic E-state index is 0.0164. The van der Waals surface area contributed by atoms with Gasteiger partial charge >= 0.3 is 0 Å². The van der Waals surface area contributed by atoms with Gasteiger partial charge in [-0.3, -0.25) is 14.4 Å². The van der Waals surface area contributed by atoms with E-state index >= 15 is 0 Å². The second kappa shape index (κ2) is 7.97. The van der Waals surface area contributed by atoms with E-state index in [1.807, 2.05) is 13.8 Å². The number of carbonyl (C=O) groups excluding carboxylic acids is 3. The highest BCUT2D eigenvalue weighted by Gasteiger charge is 2.26. The average Bonchev–Trinajstić information content (AvgIpc) is 2.44. The van der Waals surface area contributed by atoms with Crippen LogP contribution in [0.25, 0.3) is 0 Å². The summed E-state index contributed by atoms with van der Waals surface area (Å²) >= 11 is 0. The van der Waals surface area contributed by atoms with E-state index in [0.29, 0.717) is 6.42 Å². The average molecular weight is 298 g/mol. The molecule has 0 heterocycles. The third kappa shape index (κ3) is 5.71. The van der Waals surface area contributed by atoms with Crippen LogP contribution in [-0.4, -0.2) is 36.3 Å². The molecule has 1 fully saturated rings. The van der Waals surface area contributed by atoms with Gasteiger partial charge in [0.05, 0.1) is 12.6 Å². The fourth-order valence-electron chi connectivity index (χ4n) is 2.45. The number of nitrogens with two attached hydrogens (primary N) is 2. The number of hydrogen-bond acceptors (Lipinski definition) is 4. The Balaban J connectivity index is 2.33. The van der Waals surface area contributed by atoms with Crippen LogP contribution in [0.15, 0.2) is 0 Å². The number of amides is 3. The molecule has 0 radical (unpaired) electrons. The minimum atomic E-state index is -0.619. The van der Waals surface area contributed by atoms with Crippen LogP contribution in [0.2, 0.25) is 0 Å². The van der Waals surface area contributed by atoms with E-state index in [1.54, 1.807) is 0 Å². The van der Waals surface area contributed by atoms with Gasteiger partial charge in [-0.1, -0.05) is 20.3 Å². The summed E-state index contributed by atoms with van der Waals surface area (Å²) in [6, 6.07) is -0.675. The maximum absolute atomic E-state index is 11.8. The van der Waals surface area contributed by atoms with Crippen molar-refractivity contribution in [1.82, 2.24) is 10.6 Å². The maximum Gasteiger partial charge on any atom is 0.239 e. The van der Waals surface area contributed by atoms with Crippen LogP contribution >= 0.6 is 0 Å². The molecule has 0 aliphatic heterocycles. The van der Waals surface area contributed by atoms with Crippen LogP contribution in [0.3, 0.4) is 0 Å². The van der Waals surface area contributed by atoms with Gasteiger partial charge in [0.1, 0.15) is 0 Å². The number of nitrogens with one attached hydrogen (secondary N) is 2.